The van der Waals surface area contributed by atoms with Gasteiger partial charge in [-0.2, -0.15) is 4.31 Å². The molecule has 1 amide bonds. The number of benzene rings is 2. The number of rotatable bonds is 6. The Morgan fingerprint density at radius 1 is 1.03 bits per heavy atom. The quantitative estimate of drug-likeness (QED) is 0.684. The molecule has 1 fully saturated rings. The molecule has 1 aliphatic rings. The first kappa shape index (κ1) is 23.2. The van der Waals surface area contributed by atoms with Crippen LogP contribution in [0.2, 0.25) is 0 Å². The highest BCUT2D eigenvalue weighted by molar-refractivity contribution is 7.89. The van der Waals surface area contributed by atoms with E-state index in [1.807, 2.05) is 49.1 Å². The largest absolute Gasteiger partial charge is 0.496 e. The normalized spacial score (nSPS) is 15.6. The molecular formula is C23H31N3O4S. The van der Waals surface area contributed by atoms with Crippen LogP contribution >= 0.6 is 0 Å². The summed E-state index contributed by atoms with van der Waals surface area (Å²) in [4.78, 5) is 16.6. The van der Waals surface area contributed by atoms with Gasteiger partial charge in [0.2, 0.25) is 15.9 Å². The minimum Gasteiger partial charge on any atom is -0.496 e. The lowest BCUT2D eigenvalue weighted by Gasteiger charge is -2.35. The van der Waals surface area contributed by atoms with Gasteiger partial charge in [0.05, 0.1) is 18.6 Å². The molecule has 0 N–H and O–H groups in total. The fourth-order valence-electron chi connectivity index (χ4n) is 3.98. The lowest BCUT2D eigenvalue weighted by Crippen LogP contribution is -2.51. The predicted molar refractivity (Wildman–Crippen MR) is 122 cm³/mol. The number of aryl methyl sites for hydroxylation is 1. The third-order valence-corrected chi connectivity index (χ3v) is 8.19. The first-order valence-corrected chi connectivity index (χ1v) is 11.8. The number of piperazine rings is 1. The minimum absolute atomic E-state index is 0.0139. The fraction of sp³-hybridized carbons (Fsp3) is 0.435. The van der Waals surface area contributed by atoms with Gasteiger partial charge < -0.3 is 9.64 Å². The van der Waals surface area contributed by atoms with E-state index in [2.05, 4.69) is 0 Å². The molecule has 31 heavy (non-hydrogen) atoms. The molecule has 1 heterocycles. The van der Waals surface area contributed by atoms with Crippen LogP contribution in [0.25, 0.3) is 0 Å². The van der Waals surface area contributed by atoms with Crippen molar-refractivity contribution in [1.29, 1.82) is 0 Å². The second-order valence-electron chi connectivity index (χ2n) is 7.94. The molecule has 0 bridgehead atoms. The van der Waals surface area contributed by atoms with Crippen molar-refractivity contribution in [3.8, 4) is 5.75 Å². The highest BCUT2D eigenvalue weighted by Gasteiger charge is 2.32. The van der Waals surface area contributed by atoms with E-state index in [4.69, 9.17) is 4.74 Å². The van der Waals surface area contributed by atoms with Crippen molar-refractivity contribution in [2.24, 2.45) is 0 Å². The zero-order valence-corrected chi connectivity index (χ0v) is 19.7. The van der Waals surface area contributed by atoms with Gasteiger partial charge >= 0.3 is 0 Å². The van der Waals surface area contributed by atoms with Crippen LogP contribution in [0.1, 0.15) is 16.7 Å². The molecule has 0 saturated carbocycles. The monoisotopic (exact) mass is 445 g/mol. The number of hydrogen-bond donors (Lipinski definition) is 0. The average Bonchev–Trinajstić information content (AvgIpc) is 2.76. The Balaban J connectivity index is 1.68. The van der Waals surface area contributed by atoms with Crippen molar-refractivity contribution in [1.82, 2.24) is 9.21 Å². The number of anilines is 1. The second kappa shape index (κ2) is 9.38. The first-order valence-electron chi connectivity index (χ1n) is 10.4. The number of methoxy groups -OCH3 is 1. The molecule has 0 radical (unpaired) electrons. The number of carbonyl (C=O) groups excluding carboxylic acids is 1. The molecule has 0 unspecified atom stereocenters. The van der Waals surface area contributed by atoms with Crippen molar-refractivity contribution in [2.75, 3.05) is 51.8 Å². The Kier molecular flexibility index (Phi) is 7.03. The second-order valence-corrected chi connectivity index (χ2v) is 9.82. The molecule has 3 rings (SSSR count). The van der Waals surface area contributed by atoms with Gasteiger partial charge in [0.15, 0.2) is 0 Å². The zero-order valence-electron chi connectivity index (χ0n) is 18.9. The van der Waals surface area contributed by atoms with Crippen molar-refractivity contribution in [2.45, 2.75) is 25.7 Å². The van der Waals surface area contributed by atoms with Gasteiger partial charge in [-0.15, -0.1) is 0 Å². The van der Waals surface area contributed by atoms with Gasteiger partial charge in [-0.1, -0.05) is 18.2 Å². The number of para-hydroxylation sites is 1. The van der Waals surface area contributed by atoms with E-state index in [-0.39, 0.29) is 12.5 Å². The molecule has 168 valence electrons. The van der Waals surface area contributed by atoms with Crippen LogP contribution in [0, 0.1) is 20.8 Å². The molecule has 2 aromatic rings. The summed E-state index contributed by atoms with van der Waals surface area (Å²) in [6, 6.07) is 11.3. The number of nitrogens with zero attached hydrogens (tertiary/aromatic N) is 3. The number of amides is 1. The summed E-state index contributed by atoms with van der Waals surface area (Å²) in [6.07, 6.45) is 0. The van der Waals surface area contributed by atoms with Crippen LogP contribution < -0.4 is 9.64 Å². The molecule has 1 saturated heterocycles. The Hall–Kier alpha value is -2.42. The summed E-state index contributed by atoms with van der Waals surface area (Å²) >= 11 is 0. The van der Waals surface area contributed by atoms with Crippen LogP contribution in [-0.2, 0) is 14.8 Å². The van der Waals surface area contributed by atoms with Crippen LogP contribution in [0.15, 0.2) is 41.3 Å². The van der Waals surface area contributed by atoms with E-state index in [1.54, 1.807) is 32.0 Å². The maximum atomic E-state index is 13.4. The Labute approximate surface area is 185 Å². The maximum absolute atomic E-state index is 13.4. The van der Waals surface area contributed by atoms with Gasteiger partial charge in [0.25, 0.3) is 0 Å². The van der Waals surface area contributed by atoms with Crippen LogP contribution in [0.5, 0.6) is 5.75 Å². The van der Waals surface area contributed by atoms with Crippen LogP contribution in [0.4, 0.5) is 5.69 Å². The summed E-state index contributed by atoms with van der Waals surface area (Å²) < 4.78 is 33.7. The molecule has 0 atom stereocenters. The van der Waals surface area contributed by atoms with E-state index in [9.17, 15) is 13.2 Å². The highest BCUT2D eigenvalue weighted by atomic mass is 32.2. The highest BCUT2D eigenvalue weighted by Crippen LogP contribution is 2.32. The van der Waals surface area contributed by atoms with Gasteiger partial charge in [-0.25, -0.2) is 8.42 Å². The van der Waals surface area contributed by atoms with Crippen molar-refractivity contribution >= 4 is 21.6 Å². The molecule has 0 spiro atoms. The number of carbonyl (C=O) groups is 1. The van der Waals surface area contributed by atoms with E-state index in [0.29, 0.717) is 42.4 Å². The third kappa shape index (κ3) is 4.76. The lowest BCUT2D eigenvalue weighted by molar-refractivity contribution is -0.119. The van der Waals surface area contributed by atoms with Crippen molar-refractivity contribution in [3.05, 3.63) is 53.1 Å². The summed E-state index contributed by atoms with van der Waals surface area (Å²) in [5.41, 5.74) is 3.08. The minimum atomic E-state index is -3.63. The summed E-state index contributed by atoms with van der Waals surface area (Å²) in [7, 11) is -0.278. The number of sulfonamides is 1. The first-order chi connectivity index (χ1) is 14.7. The van der Waals surface area contributed by atoms with Crippen molar-refractivity contribution in [3.63, 3.8) is 0 Å². The lowest BCUT2D eigenvalue weighted by atomic mass is 10.1. The SMILES string of the molecule is COc1cc(C)c(S(=O)(=O)N2CCN(CC(=O)N(C)c3ccccc3)CC2)c(C)c1C. The van der Waals surface area contributed by atoms with Gasteiger partial charge in [0.1, 0.15) is 5.75 Å². The zero-order chi connectivity index (χ0) is 22.8. The molecule has 1 aliphatic heterocycles. The maximum Gasteiger partial charge on any atom is 0.243 e. The summed E-state index contributed by atoms with van der Waals surface area (Å²) in [5, 5.41) is 0. The Bertz CT molecular complexity index is 1050. The smallest absolute Gasteiger partial charge is 0.243 e. The molecule has 7 nitrogen and oxygen atoms in total. The number of ether oxygens (including phenoxy) is 1. The van der Waals surface area contributed by atoms with Gasteiger partial charge in [-0.05, 0) is 55.7 Å². The third-order valence-electron chi connectivity index (χ3n) is 6.00. The average molecular weight is 446 g/mol. The Morgan fingerprint density at radius 2 is 1.65 bits per heavy atom. The van der Waals surface area contributed by atoms with Gasteiger partial charge in [-0.3, -0.25) is 9.69 Å². The van der Waals surface area contributed by atoms with E-state index >= 15 is 0 Å². The van der Waals surface area contributed by atoms with E-state index in [0.717, 1.165) is 16.8 Å². The van der Waals surface area contributed by atoms with Crippen LogP contribution in [0.3, 0.4) is 0 Å². The standard InChI is InChI=1S/C23H31N3O4S/c1-17-15-21(30-5)18(2)19(3)23(17)31(28,29)26-13-11-25(12-14-26)16-22(27)24(4)20-9-7-6-8-10-20/h6-10,15H,11-14,16H2,1-5H3. The molecule has 0 aromatic heterocycles. The van der Waals surface area contributed by atoms with Crippen LogP contribution in [-0.4, -0.2) is 70.4 Å². The van der Waals surface area contributed by atoms with E-state index < -0.39 is 10.0 Å². The predicted octanol–water partition coefficient (Wildman–Crippen LogP) is 2.59. The van der Waals surface area contributed by atoms with Crippen molar-refractivity contribution < 1.29 is 17.9 Å². The molecule has 8 heteroatoms. The molecule has 0 aliphatic carbocycles. The molecular weight excluding hydrogens is 414 g/mol. The summed E-state index contributed by atoms with van der Waals surface area (Å²) in [6.45, 7) is 7.51. The number of hydrogen-bond acceptors (Lipinski definition) is 5. The molecule has 2 aromatic carbocycles. The number of likely N-dealkylation sites (N-methyl/N-ethyl adjacent to an activating group) is 1. The summed E-state index contributed by atoms with van der Waals surface area (Å²) in [5.74, 6) is 0.680. The van der Waals surface area contributed by atoms with Gasteiger partial charge in [0, 0.05) is 38.9 Å². The Morgan fingerprint density at radius 3 is 2.23 bits per heavy atom. The fourth-order valence-corrected chi connectivity index (χ4v) is 5.89. The van der Waals surface area contributed by atoms with E-state index in [1.165, 1.54) is 4.31 Å². The topological polar surface area (TPSA) is 70.2 Å².